The van der Waals surface area contributed by atoms with Crippen LogP contribution >= 0.6 is 11.9 Å². The molecule has 1 aromatic rings. The molecule has 2 rings (SSSR count). The van der Waals surface area contributed by atoms with Crippen LogP contribution in [0.15, 0.2) is 29.2 Å². The third-order valence-electron chi connectivity index (χ3n) is 2.38. The van der Waals surface area contributed by atoms with E-state index < -0.39 is 5.91 Å². The molecular formula is C11H11N3OS. The van der Waals surface area contributed by atoms with Gasteiger partial charge in [-0.3, -0.25) is 4.79 Å². The van der Waals surface area contributed by atoms with Crippen molar-refractivity contribution >= 4 is 17.9 Å². The monoisotopic (exact) mass is 233 g/mol. The highest BCUT2D eigenvalue weighted by Crippen LogP contribution is 2.30. The van der Waals surface area contributed by atoms with Crippen molar-refractivity contribution in [1.29, 1.82) is 5.26 Å². The van der Waals surface area contributed by atoms with Crippen molar-refractivity contribution < 1.29 is 4.79 Å². The molecule has 1 fully saturated rings. The summed E-state index contributed by atoms with van der Waals surface area (Å²) in [6.07, 6.45) is 0. The van der Waals surface area contributed by atoms with Gasteiger partial charge < -0.3 is 5.73 Å². The van der Waals surface area contributed by atoms with E-state index in [-0.39, 0.29) is 5.92 Å². The molecule has 0 atom stereocenters. The summed E-state index contributed by atoms with van der Waals surface area (Å²) in [7, 11) is 0. The number of carbonyl (C=O) groups is 1. The van der Waals surface area contributed by atoms with Crippen LogP contribution in [-0.4, -0.2) is 23.3 Å². The maximum absolute atomic E-state index is 11.0. The summed E-state index contributed by atoms with van der Waals surface area (Å²) in [5.74, 6) is -0.271. The van der Waals surface area contributed by atoms with Gasteiger partial charge in [0.15, 0.2) is 0 Å². The molecule has 0 bridgehead atoms. The van der Waals surface area contributed by atoms with Crippen LogP contribution in [0.3, 0.4) is 0 Å². The maximum atomic E-state index is 11.0. The van der Waals surface area contributed by atoms with Gasteiger partial charge in [0, 0.05) is 23.5 Å². The summed E-state index contributed by atoms with van der Waals surface area (Å²) in [4.78, 5) is 12.0. The molecule has 82 valence electrons. The minimum Gasteiger partial charge on any atom is -0.366 e. The van der Waals surface area contributed by atoms with Gasteiger partial charge in [0.1, 0.15) is 0 Å². The molecule has 1 saturated heterocycles. The first-order valence-corrected chi connectivity index (χ1v) is 5.69. The van der Waals surface area contributed by atoms with Crippen molar-refractivity contribution in [1.82, 2.24) is 4.31 Å². The van der Waals surface area contributed by atoms with Crippen LogP contribution in [-0.2, 0) is 0 Å². The molecule has 1 aromatic carbocycles. The highest BCUT2D eigenvalue weighted by molar-refractivity contribution is 7.97. The molecule has 0 unspecified atom stereocenters. The van der Waals surface area contributed by atoms with Gasteiger partial charge in [-0.05, 0) is 30.1 Å². The number of benzene rings is 1. The third-order valence-corrected chi connectivity index (χ3v) is 3.40. The Morgan fingerprint density at radius 2 is 2.31 bits per heavy atom. The van der Waals surface area contributed by atoms with Crippen LogP contribution in [0.2, 0.25) is 0 Å². The first-order chi connectivity index (χ1) is 7.69. The lowest BCUT2D eigenvalue weighted by Crippen LogP contribution is -2.40. The Labute approximate surface area is 98.2 Å². The lowest BCUT2D eigenvalue weighted by atomic mass is 10.1. The Morgan fingerprint density at radius 3 is 2.94 bits per heavy atom. The van der Waals surface area contributed by atoms with Gasteiger partial charge in [-0.25, -0.2) is 4.31 Å². The Hall–Kier alpha value is -1.51. The average Bonchev–Trinajstić information content (AvgIpc) is 2.23. The predicted molar refractivity (Wildman–Crippen MR) is 61.5 cm³/mol. The van der Waals surface area contributed by atoms with E-state index in [0.29, 0.717) is 5.56 Å². The zero-order valence-electron chi connectivity index (χ0n) is 8.59. The zero-order valence-corrected chi connectivity index (χ0v) is 9.41. The van der Waals surface area contributed by atoms with Crippen molar-refractivity contribution in [3.8, 4) is 6.07 Å². The van der Waals surface area contributed by atoms with Crippen molar-refractivity contribution in [3.05, 3.63) is 29.8 Å². The molecule has 0 saturated carbocycles. The smallest absolute Gasteiger partial charge is 0.248 e. The third kappa shape index (κ3) is 2.35. The molecule has 2 N–H and O–H groups in total. The summed E-state index contributed by atoms with van der Waals surface area (Å²) in [6.45, 7) is 1.56. The van der Waals surface area contributed by atoms with E-state index in [2.05, 4.69) is 10.4 Å². The van der Waals surface area contributed by atoms with E-state index in [4.69, 9.17) is 11.0 Å². The fourth-order valence-electron chi connectivity index (χ4n) is 1.45. The number of hydrogen-bond acceptors (Lipinski definition) is 4. The van der Waals surface area contributed by atoms with Gasteiger partial charge in [0.2, 0.25) is 5.91 Å². The summed E-state index contributed by atoms with van der Waals surface area (Å²) in [5.41, 5.74) is 5.71. The Kier molecular flexibility index (Phi) is 3.13. The van der Waals surface area contributed by atoms with E-state index in [1.807, 2.05) is 12.1 Å². The normalized spacial score (nSPS) is 16.4. The van der Waals surface area contributed by atoms with E-state index in [0.717, 1.165) is 18.0 Å². The molecule has 0 aliphatic carbocycles. The molecular weight excluding hydrogens is 222 g/mol. The average molecular weight is 233 g/mol. The number of hydrogen-bond donors (Lipinski definition) is 1. The summed E-state index contributed by atoms with van der Waals surface area (Å²) in [5, 5.41) is 8.64. The molecule has 1 aliphatic rings. The van der Waals surface area contributed by atoms with Crippen LogP contribution < -0.4 is 5.73 Å². The fraction of sp³-hybridized carbons (Fsp3) is 0.273. The maximum Gasteiger partial charge on any atom is 0.248 e. The Bertz CT molecular complexity index is 449. The molecule has 1 heterocycles. The lowest BCUT2D eigenvalue weighted by Gasteiger charge is -2.33. The lowest BCUT2D eigenvalue weighted by molar-refractivity contribution is 0.1000. The highest BCUT2D eigenvalue weighted by atomic mass is 32.2. The second-order valence-corrected chi connectivity index (χ2v) is 4.83. The predicted octanol–water partition coefficient (Wildman–Crippen LogP) is 1.25. The topological polar surface area (TPSA) is 70.1 Å². The van der Waals surface area contributed by atoms with E-state index >= 15 is 0 Å². The van der Waals surface area contributed by atoms with Crippen molar-refractivity contribution in [3.63, 3.8) is 0 Å². The quantitative estimate of drug-likeness (QED) is 0.798. The molecule has 4 nitrogen and oxygen atoms in total. The largest absolute Gasteiger partial charge is 0.366 e. The number of primary amides is 1. The van der Waals surface area contributed by atoms with E-state index in [1.54, 1.807) is 24.1 Å². The number of amides is 1. The SMILES string of the molecule is N#CC1CN(Sc2cccc(C(N)=O)c2)C1. The Balaban J connectivity index is 1.98. The van der Waals surface area contributed by atoms with Crippen LogP contribution in [0.25, 0.3) is 0 Å². The van der Waals surface area contributed by atoms with E-state index in [9.17, 15) is 4.79 Å². The minimum atomic E-state index is -0.416. The first-order valence-electron chi connectivity index (χ1n) is 4.91. The van der Waals surface area contributed by atoms with Crippen LogP contribution in [0, 0.1) is 17.2 Å². The Morgan fingerprint density at radius 1 is 1.56 bits per heavy atom. The number of rotatable bonds is 3. The molecule has 16 heavy (non-hydrogen) atoms. The molecule has 5 heteroatoms. The van der Waals surface area contributed by atoms with Gasteiger partial charge in [0.05, 0.1) is 12.0 Å². The van der Waals surface area contributed by atoms with Crippen LogP contribution in [0.1, 0.15) is 10.4 Å². The van der Waals surface area contributed by atoms with Gasteiger partial charge in [0.25, 0.3) is 0 Å². The minimum absolute atomic E-state index is 0.145. The van der Waals surface area contributed by atoms with Crippen molar-refractivity contribution in [2.24, 2.45) is 11.7 Å². The first kappa shape index (κ1) is 11.0. The van der Waals surface area contributed by atoms with Gasteiger partial charge in [-0.1, -0.05) is 6.07 Å². The molecule has 1 amide bonds. The number of nitriles is 1. The second kappa shape index (κ2) is 4.56. The molecule has 0 spiro atoms. The fourth-order valence-corrected chi connectivity index (χ4v) is 2.58. The summed E-state index contributed by atoms with van der Waals surface area (Å²) < 4.78 is 2.09. The zero-order chi connectivity index (χ0) is 11.5. The van der Waals surface area contributed by atoms with Crippen LogP contribution in [0.4, 0.5) is 0 Å². The number of nitrogens with zero attached hydrogens (tertiary/aromatic N) is 2. The van der Waals surface area contributed by atoms with Gasteiger partial charge in [-0.2, -0.15) is 5.26 Å². The second-order valence-electron chi connectivity index (χ2n) is 3.66. The number of nitrogens with two attached hydrogens (primary N) is 1. The highest BCUT2D eigenvalue weighted by Gasteiger charge is 2.27. The van der Waals surface area contributed by atoms with Crippen molar-refractivity contribution in [2.45, 2.75) is 4.90 Å². The van der Waals surface area contributed by atoms with Crippen molar-refractivity contribution in [2.75, 3.05) is 13.1 Å². The van der Waals surface area contributed by atoms with E-state index in [1.165, 1.54) is 0 Å². The van der Waals surface area contributed by atoms with Gasteiger partial charge in [-0.15, -0.1) is 0 Å². The summed E-state index contributed by atoms with van der Waals surface area (Å²) in [6, 6.07) is 9.42. The molecule has 0 radical (unpaired) electrons. The number of carbonyl (C=O) groups excluding carboxylic acids is 1. The van der Waals surface area contributed by atoms with Gasteiger partial charge >= 0.3 is 0 Å². The molecule has 1 aliphatic heterocycles. The standard InChI is InChI=1S/C11H11N3OS/c12-5-8-6-14(7-8)16-10-3-1-2-9(4-10)11(13)15/h1-4,8H,6-7H2,(H2,13,15). The molecule has 0 aromatic heterocycles. The summed E-state index contributed by atoms with van der Waals surface area (Å²) >= 11 is 1.56. The van der Waals surface area contributed by atoms with Crippen LogP contribution in [0.5, 0.6) is 0 Å².